The molecule has 0 aliphatic heterocycles. The molecule has 0 bridgehead atoms. The first-order valence-electron chi connectivity index (χ1n) is 20.6. The smallest absolute Gasteiger partial charge is 0.326 e. The molecule has 368 valence electrons. The van der Waals surface area contributed by atoms with Gasteiger partial charge in [-0.25, -0.2) is 33.4 Å². The molecule has 0 saturated carbocycles. The van der Waals surface area contributed by atoms with E-state index in [1.165, 1.54) is 29.1 Å². The maximum absolute atomic E-state index is 13.3. The second-order valence-corrected chi connectivity index (χ2v) is 14.7. The van der Waals surface area contributed by atoms with Crippen molar-refractivity contribution in [2.24, 2.45) is 0 Å². The van der Waals surface area contributed by atoms with Gasteiger partial charge in [-0.05, 0) is 82.4 Å². The summed E-state index contributed by atoms with van der Waals surface area (Å²) in [5, 5.41) is 79.0. The van der Waals surface area contributed by atoms with E-state index in [0.717, 1.165) is 0 Å². The normalized spacial score (nSPS) is 12.5. The second-order valence-electron chi connectivity index (χ2n) is 14.7. The van der Waals surface area contributed by atoms with Crippen LogP contribution in [-0.2, 0) is 46.5 Å². The van der Waals surface area contributed by atoms with Crippen molar-refractivity contribution in [1.29, 1.82) is 0 Å². The van der Waals surface area contributed by atoms with Crippen LogP contribution < -0.4 is 37.2 Å². The number of aromatic nitrogens is 3. The number of alkyl halides is 1. The summed E-state index contributed by atoms with van der Waals surface area (Å²) in [5.74, 6) is -10.6. The van der Waals surface area contributed by atoms with E-state index in [4.69, 9.17) is 10.2 Å². The van der Waals surface area contributed by atoms with Gasteiger partial charge in [0.25, 0.3) is 11.8 Å². The summed E-state index contributed by atoms with van der Waals surface area (Å²) in [4.78, 5) is 132. The standard InChI is InChI=1S/C39H53FN10O17/c40-13-5-6-23-19-50(49-48-23)20-29(51)43-24-17-21(32(56)41-14-3-1-7-25(34(58)59)44-38(66)46-27(36(62)63)9-11-30(52)53)16-22(18-24)33(57)42-15-4-2-8-26(35(60)61)45-39(67)47-28(37(64)65)10-12-31(54)55/h16-19,25-28H,1-15,20H2,(H,41,56)(H,42,57)(H,43,51)(H,52,53)(H,54,55)(H,58,59)(H,60,61)(H,62,63)(H,64,65)(H2,44,46,66)(H2,45,47,67)/t25-,26-,27?,28?/m0/s1. The van der Waals surface area contributed by atoms with Crippen LogP contribution in [0.5, 0.6) is 0 Å². The molecule has 2 rings (SSSR count). The van der Waals surface area contributed by atoms with Gasteiger partial charge in [0, 0.05) is 48.9 Å². The molecule has 0 saturated heterocycles. The number of benzene rings is 1. The number of nitrogens with zero attached hydrogens (tertiary/aromatic N) is 3. The predicted molar refractivity (Wildman–Crippen MR) is 225 cm³/mol. The van der Waals surface area contributed by atoms with Crippen LogP contribution in [0.3, 0.4) is 0 Å². The van der Waals surface area contributed by atoms with Crippen molar-refractivity contribution in [1.82, 2.24) is 46.9 Å². The van der Waals surface area contributed by atoms with Gasteiger partial charge in [-0.3, -0.25) is 28.4 Å². The Kier molecular flexibility index (Phi) is 23.7. The number of nitrogens with one attached hydrogen (secondary N) is 7. The van der Waals surface area contributed by atoms with Crippen molar-refractivity contribution < 1.29 is 87.8 Å². The Hall–Kier alpha value is -7.94. The van der Waals surface area contributed by atoms with E-state index in [1.54, 1.807) is 0 Å². The average molecular weight is 953 g/mol. The monoisotopic (exact) mass is 952 g/mol. The van der Waals surface area contributed by atoms with E-state index in [0.29, 0.717) is 5.69 Å². The van der Waals surface area contributed by atoms with E-state index in [1.807, 2.05) is 10.6 Å². The largest absolute Gasteiger partial charge is 0.481 e. The zero-order valence-electron chi connectivity index (χ0n) is 35.8. The van der Waals surface area contributed by atoms with Gasteiger partial charge in [-0.1, -0.05) is 5.21 Å². The minimum Gasteiger partial charge on any atom is -0.481 e. The maximum Gasteiger partial charge on any atom is 0.326 e. The lowest BCUT2D eigenvalue weighted by atomic mass is 10.1. The number of carboxylic acid groups (broad SMARTS) is 6. The van der Waals surface area contributed by atoms with Crippen molar-refractivity contribution in [2.45, 2.75) is 108 Å². The first-order valence-corrected chi connectivity index (χ1v) is 20.6. The molecule has 27 nitrogen and oxygen atoms in total. The summed E-state index contributed by atoms with van der Waals surface area (Å²) in [6.45, 7) is -1.00. The number of urea groups is 2. The third-order valence-corrected chi connectivity index (χ3v) is 9.32. The molecular formula is C39H53FN10O17. The number of hydrogen-bond donors (Lipinski definition) is 13. The fourth-order valence-electron chi connectivity index (χ4n) is 5.92. The number of halogens is 1. The van der Waals surface area contributed by atoms with Crippen LogP contribution in [0.4, 0.5) is 19.7 Å². The molecular weight excluding hydrogens is 899 g/mol. The summed E-state index contributed by atoms with van der Waals surface area (Å²) in [7, 11) is 0. The summed E-state index contributed by atoms with van der Waals surface area (Å²) in [6, 6.07) is -4.73. The number of aryl methyl sites for hydroxylation is 1. The van der Waals surface area contributed by atoms with Gasteiger partial charge < -0.3 is 67.9 Å². The second kappa shape index (κ2) is 28.8. The molecule has 4 atom stereocenters. The average Bonchev–Trinajstić information content (AvgIpc) is 3.70. The number of carbonyl (C=O) groups excluding carboxylic acids is 5. The first-order chi connectivity index (χ1) is 31.7. The Balaban J connectivity index is 2.08. The number of rotatable bonds is 32. The number of amides is 7. The summed E-state index contributed by atoms with van der Waals surface area (Å²) in [5.41, 5.74) is 0.249. The van der Waals surface area contributed by atoms with Crippen LogP contribution in [0.2, 0.25) is 0 Å². The number of anilines is 1. The first kappa shape index (κ1) is 55.2. The summed E-state index contributed by atoms with van der Waals surface area (Å²) >= 11 is 0. The maximum atomic E-state index is 13.3. The van der Waals surface area contributed by atoms with E-state index in [9.17, 15) is 77.6 Å². The van der Waals surface area contributed by atoms with Crippen LogP contribution in [0.15, 0.2) is 24.4 Å². The lowest BCUT2D eigenvalue weighted by molar-refractivity contribution is -0.142. The van der Waals surface area contributed by atoms with Crippen molar-refractivity contribution in [3.05, 3.63) is 41.2 Å². The molecule has 1 aromatic heterocycles. The van der Waals surface area contributed by atoms with Crippen LogP contribution in [0, 0.1) is 0 Å². The molecule has 0 aliphatic carbocycles. The molecule has 1 heterocycles. The van der Waals surface area contributed by atoms with Gasteiger partial charge in [-0.15, -0.1) is 5.10 Å². The predicted octanol–water partition coefficient (Wildman–Crippen LogP) is -0.240. The molecule has 1 aromatic carbocycles. The van der Waals surface area contributed by atoms with Crippen LogP contribution >= 0.6 is 0 Å². The molecule has 2 unspecified atom stereocenters. The minimum absolute atomic E-state index is 0.00376. The quantitative estimate of drug-likeness (QED) is 0.0421. The van der Waals surface area contributed by atoms with E-state index >= 15 is 0 Å². The molecule has 0 aliphatic rings. The van der Waals surface area contributed by atoms with Gasteiger partial charge >= 0.3 is 47.9 Å². The SMILES string of the molecule is O=C(O)CCC(NC(=O)N[C@@H](CCCCNC(=O)c1cc(NC(=O)Cn2cc(CCCF)nn2)cc(C(=O)NCCCC[C@H](NC(=O)NC(CCC(=O)O)C(=O)O)C(=O)O)c1)C(=O)O)C(=O)O. The van der Waals surface area contributed by atoms with E-state index in [2.05, 4.69) is 36.9 Å². The number of unbranched alkanes of at least 4 members (excludes halogenated alkanes) is 2. The number of carboxylic acids is 6. The molecule has 13 N–H and O–H groups in total. The number of hydrogen-bond acceptors (Lipinski definition) is 13. The van der Waals surface area contributed by atoms with Crippen LogP contribution in [0.1, 0.15) is 97.0 Å². The Bertz CT molecular complexity index is 1990. The zero-order valence-corrected chi connectivity index (χ0v) is 35.8. The minimum atomic E-state index is -1.60. The van der Waals surface area contributed by atoms with Gasteiger partial charge in [0.15, 0.2) is 0 Å². The summed E-state index contributed by atoms with van der Waals surface area (Å²) in [6.07, 6.45) is 0.154. The third kappa shape index (κ3) is 22.0. The molecule has 2 aromatic rings. The summed E-state index contributed by atoms with van der Waals surface area (Å²) < 4.78 is 13.8. The number of aliphatic carboxylic acids is 6. The zero-order chi connectivity index (χ0) is 50.1. The lowest BCUT2D eigenvalue weighted by Crippen LogP contribution is -2.51. The molecule has 0 radical (unpaired) electrons. The van der Waals surface area contributed by atoms with E-state index < -0.39 is 122 Å². The highest BCUT2D eigenvalue weighted by Gasteiger charge is 2.26. The highest BCUT2D eigenvalue weighted by molar-refractivity contribution is 6.02. The van der Waals surface area contributed by atoms with Gasteiger partial charge in [0.05, 0.1) is 12.4 Å². The Morgan fingerprint density at radius 1 is 0.567 bits per heavy atom. The van der Waals surface area contributed by atoms with E-state index in [-0.39, 0.29) is 87.8 Å². The van der Waals surface area contributed by atoms with Crippen molar-refractivity contribution in [3.63, 3.8) is 0 Å². The van der Waals surface area contributed by atoms with Gasteiger partial charge in [0.2, 0.25) is 5.91 Å². The molecule has 67 heavy (non-hydrogen) atoms. The highest BCUT2D eigenvalue weighted by Crippen LogP contribution is 2.17. The topological polar surface area (TPSA) is 424 Å². The van der Waals surface area contributed by atoms with Crippen LogP contribution in [0.25, 0.3) is 0 Å². The Morgan fingerprint density at radius 3 is 1.37 bits per heavy atom. The van der Waals surface area contributed by atoms with Crippen molar-refractivity contribution in [2.75, 3.05) is 25.1 Å². The number of carbonyl (C=O) groups is 11. The fourth-order valence-corrected chi connectivity index (χ4v) is 5.92. The molecule has 28 heteroatoms. The molecule has 7 amide bonds. The molecule has 0 fully saturated rings. The third-order valence-electron chi connectivity index (χ3n) is 9.32. The van der Waals surface area contributed by atoms with Crippen molar-refractivity contribution >= 4 is 71.3 Å². The lowest BCUT2D eigenvalue weighted by Gasteiger charge is -2.18. The van der Waals surface area contributed by atoms with Crippen molar-refractivity contribution in [3.8, 4) is 0 Å². The fraction of sp³-hybridized carbons (Fsp3) is 0.513. The Morgan fingerprint density at radius 2 is 0.985 bits per heavy atom. The van der Waals surface area contributed by atoms with Crippen LogP contribution in [-0.4, -0.2) is 155 Å². The van der Waals surface area contributed by atoms with Gasteiger partial charge in [-0.2, -0.15) is 0 Å². The Labute approximate surface area is 379 Å². The highest BCUT2D eigenvalue weighted by atomic mass is 19.1. The van der Waals surface area contributed by atoms with Gasteiger partial charge in [0.1, 0.15) is 30.7 Å². The molecule has 0 spiro atoms.